The van der Waals surface area contributed by atoms with E-state index in [0.717, 1.165) is 38.2 Å². The fourth-order valence-electron chi connectivity index (χ4n) is 4.07. The number of nitrogens with zero attached hydrogens (tertiary/aromatic N) is 3. The van der Waals surface area contributed by atoms with Crippen LogP contribution in [0.5, 0.6) is 0 Å². The van der Waals surface area contributed by atoms with Crippen LogP contribution in [0.3, 0.4) is 0 Å². The molecular formula is C18H25N3O2. The molecule has 5 heteroatoms. The summed E-state index contributed by atoms with van der Waals surface area (Å²) < 4.78 is 0. The topological polar surface area (TPSA) is 70.7 Å². The summed E-state index contributed by atoms with van der Waals surface area (Å²) in [6, 6.07) is 10.1. The molecule has 2 N–H and O–H groups in total. The van der Waals surface area contributed by atoms with Crippen molar-refractivity contribution >= 4 is 0 Å². The molecule has 2 saturated heterocycles. The highest BCUT2D eigenvalue weighted by molar-refractivity contribution is 5.24. The van der Waals surface area contributed by atoms with Gasteiger partial charge in [-0.1, -0.05) is 24.3 Å². The molecule has 1 aromatic rings. The molecule has 2 aliphatic heterocycles. The Bertz CT molecular complexity index is 569. The van der Waals surface area contributed by atoms with E-state index in [9.17, 15) is 5.11 Å². The number of likely N-dealkylation sites (tertiary alicyclic amines) is 2. The van der Waals surface area contributed by atoms with Gasteiger partial charge >= 0.3 is 0 Å². The van der Waals surface area contributed by atoms with Gasteiger partial charge in [-0.15, -0.1) is 0 Å². The van der Waals surface area contributed by atoms with Crippen LogP contribution >= 0.6 is 0 Å². The van der Waals surface area contributed by atoms with Crippen molar-refractivity contribution in [2.24, 2.45) is 0 Å². The van der Waals surface area contributed by atoms with E-state index in [1.54, 1.807) is 0 Å². The number of nitriles is 1. The molecule has 0 radical (unpaired) electrons. The van der Waals surface area contributed by atoms with Crippen LogP contribution in [0.15, 0.2) is 24.3 Å². The van der Waals surface area contributed by atoms with E-state index >= 15 is 0 Å². The normalized spacial score (nSPS) is 26.7. The second-order valence-corrected chi connectivity index (χ2v) is 6.81. The van der Waals surface area contributed by atoms with E-state index in [1.165, 1.54) is 18.4 Å². The Morgan fingerprint density at radius 1 is 1.22 bits per heavy atom. The smallest absolute Gasteiger partial charge is 0.102 e. The van der Waals surface area contributed by atoms with Gasteiger partial charge in [-0.25, -0.2) is 0 Å². The maximum absolute atomic E-state index is 9.63. The number of aliphatic hydroxyl groups is 2. The van der Waals surface area contributed by atoms with Crippen molar-refractivity contribution in [3.8, 4) is 6.07 Å². The van der Waals surface area contributed by atoms with Crippen LogP contribution in [0.1, 0.15) is 36.5 Å². The Hall–Kier alpha value is -1.45. The zero-order chi connectivity index (χ0) is 16.3. The van der Waals surface area contributed by atoms with Gasteiger partial charge in [0.2, 0.25) is 0 Å². The van der Waals surface area contributed by atoms with E-state index in [1.807, 2.05) is 24.3 Å². The molecule has 2 fully saturated rings. The van der Waals surface area contributed by atoms with Gasteiger partial charge in [-0.2, -0.15) is 5.26 Å². The molecule has 1 aromatic carbocycles. The highest BCUT2D eigenvalue weighted by atomic mass is 16.3. The molecule has 0 bridgehead atoms. The van der Waals surface area contributed by atoms with Crippen LogP contribution in [0.2, 0.25) is 0 Å². The minimum Gasteiger partial charge on any atom is -0.393 e. The van der Waals surface area contributed by atoms with Crippen LogP contribution < -0.4 is 0 Å². The average molecular weight is 315 g/mol. The first-order valence-electron chi connectivity index (χ1n) is 8.39. The maximum atomic E-state index is 9.63. The van der Waals surface area contributed by atoms with Crippen molar-refractivity contribution in [3.63, 3.8) is 0 Å². The van der Waals surface area contributed by atoms with Crippen LogP contribution in [0, 0.1) is 11.3 Å². The van der Waals surface area contributed by atoms with Gasteiger partial charge in [-0.3, -0.25) is 9.80 Å². The number of aliphatic hydroxyl groups excluding tert-OH is 2. The predicted molar refractivity (Wildman–Crippen MR) is 87.5 cm³/mol. The summed E-state index contributed by atoms with van der Waals surface area (Å²) in [7, 11) is 0. The summed E-state index contributed by atoms with van der Waals surface area (Å²) in [5, 5.41) is 27.6. The number of benzene rings is 1. The van der Waals surface area contributed by atoms with Crippen molar-refractivity contribution < 1.29 is 10.2 Å². The molecule has 23 heavy (non-hydrogen) atoms. The van der Waals surface area contributed by atoms with Gasteiger partial charge in [0.25, 0.3) is 0 Å². The number of hydrogen-bond acceptors (Lipinski definition) is 5. The van der Waals surface area contributed by atoms with E-state index in [4.69, 9.17) is 10.4 Å². The lowest BCUT2D eigenvalue weighted by Gasteiger charge is -2.33. The summed E-state index contributed by atoms with van der Waals surface area (Å²) in [5.74, 6) is 0. The van der Waals surface area contributed by atoms with Crippen LogP contribution in [0.4, 0.5) is 0 Å². The Morgan fingerprint density at radius 2 is 2.00 bits per heavy atom. The van der Waals surface area contributed by atoms with Gasteiger partial charge in [0.1, 0.15) is 6.10 Å². The lowest BCUT2D eigenvalue weighted by atomic mass is 9.95. The fraction of sp³-hybridized carbons (Fsp3) is 0.611. The lowest BCUT2D eigenvalue weighted by Crippen LogP contribution is -2.46. The standard InChI is InChI=1S/C18H25N3O2/c19-8-11-21-9-1-6-18(21)7-10-20(14-18)12-15-2-4-16(5-3-15)17(23)13-22/h2-5,17,22-23H,1,6-7,9-14H2/t17-,18?/m1/s1. The molecule has 2 heterocycles. The summed E-state index contributed by atoms with van der Waals surface area (Å²) >= 11 is 0. The quantitative estimate of drug-likeness (QED) is 0.801. The SMILES string of the molecule is N#CCN1CCCC12CCN(Cc1ccc([C@H](O)CO)cc1)C2. The third-order valence-corrected chi connectivity index (χ3v) is 5.36. The summed E-state index contributed by atoms with van der Waals surface area (Å²) in [6.07, 6.45) is 2.75. The summed E-state index contributed by atoms with van der Waals surface area (Å²) in [5.41, 5.74) is 2.19. The maximum Gasteiger partial charge on any atom is 0.102 e. The van der Waals surface area contributed by atoms with Gasteiger partial charge in [0.05, 0.1) is 19.2 Å². The molecular weight excluding hydrogens is 290 g/mol. The van der Waals surface area contributed by atoms with Gasteiger partial charge < -0.3 is 10.2 Å². The first-order valence-corrected chi connectivity index (χ1v) is 8.39. The largest absolute Gasteiger partial charge is 0.393 e. The van der Waals surface area contributed by atoms with Crippen LogP contribution in [-0.4, -0.2) is 58.3 Å². The predicted octanol–water partition coefficient (Wildman–Crippen LogP) is 1.28. The van der Waals surface area contributed by atoms with Crippen LogP contribution in [-0.2, 0) is 6.54 Å². The van der Waals surface area contributed by atoms with Crippen molar-refractivity contribution in [3.05, 3.63) is 35.4 Å². The molecule has 1 unspecified atom stereocenters. The minimum absolute atomic E-state index is 0.211. The number of hydrogen-bond donors (Lipinski definition) is 2. The first kappa shape index (κ1) is 16.4. The summed E-state index contributed by atoms with van der Waals surface area (Å²) in [6.45, 7) is 4.36. The van der Waals surface area contributed by atoms with Gasteiger partial charge in [0.15, 0.2) is 0 Å². The Morgan fingerprint density at radius 3 is 2.70 bits per heavy atom. The third kappa shape index (κ3) is 3.41. The molecule has 1 spiro atoms. The van der Waals surface area contributed by atoms with E-state index in [2.05, 4.69) is 15.9 Å². The number of rotatable bonds is 5. The molecule has 124 valence electrons. The van der Waals surface area contributed by atoms with Crippen molar-refractivity contribution in [1.29, 1.82) is 5.26 Å². The van der Waals surface area contributed by atoms with Gasteiger partial charge in [0, 0.05) is 25.2 Å². The van der Waals surface area contributed by atoms with Crippen molar-refractivity contribution in [2.75, 3.05) is 32.8 Å². The molecule has 3 rings (SSSR count). The molecule has 5 nitrogen and oxygen atoms in total. The zero-order valence-electron chi connectivity index (χ0n) is 13.5. The Labute approximate surface area is 137 Å². The fourth-order valence-corrected chi connectivity index (χ4v) is 4.07. The van der Waals surface area contributed by atoms with E-state index in [0.29, 0.717) is 6.54 Å². The minimum atomic E-state index is -0.794. The lowest BCUT2D eigenvalue weighted by molar-refractivity contribution is 0.0956. The molecule has 0 saturated carbocycles. The average Bonchev–Trinajstić information content (AvgIpc) is 3.15. The highest BCUT2D eigenvalue weighted by Gasteiger charge is 2.45. The highest BCUT2D eigenvalue weighted by Crippen LogP contribution is 2.37. The monoisotopic (exact) mass is 315 g/mol. The van der Waals surface area contributed by atoms with Gasteiger partial charge in [-0.05, 0) is 36.9 Å². The second-order valence-electron chi connectivity index (χ2n) is 6.81. The molecule has 2 aliphatic rings. The van der Waals surface area contributed by atoms with Crippen LogP contribution in [0.25, 0.3) is 0 Å². The second kappa shape index (κ2) is 6.98. The molecule has 0 aromatic heterocycles. The molecule has 0 amide bonds. The van der Waals surface area contributed by atoms with Crippen molar-refractivity contribution in [2.45, 2.75) is 37.5 Å². The molecule has 0 aliphatic carbocycles. The zero-order valence-corrected chi connectivity index (χ0v) is 13.5. The van der Waals surface area contributed by atoms with E-state index < -0.39 is 6.10 Å². The van der Waals surface area contributed by atoms with E-state index in [-0.39, 0.29) is 12.1 Å². The molecule has 2 atom stereocenters. The summed E-state index contributed by atoms with van der Waals surface area (Å²) in [4.78, 5) is 4.83. The van der Waals surface area contributed by atoms with Crippen molar-refractivity contribution in [1.82, 2.24) is 9.80 Å². The Balaban J connectivity index is 1.61. The Kier molecular flexibility index (Phi) is 4.98. The first-order chi connectivity index (χ1) is 11.2. The third-order valence-electron chi connectivity index (χ3n) is 5.36.